The van der Waals surface area contributed by atoms with Crippen LogP contribution in [0.15, 0.2) is 60.7 Å². The quantitative estimate of drug-likeness (QED) is 0.611. The zero-order valence-corrected chi connectivity index (χ0v) is 11.1. The number of hydroxylamine groups is 1. The molecule has 0 heterocycles. The van der Waals surface area contributed by atoms with Crippen molar-refractivity contribution in [2.45, 2.75) is 6.04 Å². The van der Waals surface area contributed by atoms with Gasteiger partial charge in [-0.2, -0.15) is 5.48 Å². The van der Waals surface area contributed by atoms with Crippen molar-refractivity contribution in [1.82, 2.24) is 5.48 Å². The molecule has 2 rings (SSSR count). The third-order valence-corrected chi connectivity index (χ3v) is 2.86. The fourth-order valence-corrected chi connectivity index (χ4v) is 1.89. The van der Waals surface area contributed by atoms with Crippen LogP contribution in [0, 0.1) is 0 Å². The number of hydrogen-bond acceptors (Lipinski definition) is 3. The lowest BCUT2D eigenvalue weighted by Crippen LogP contribution is -2.24. The van der Waals surface area contributed by atoms with Crippen molar-refractivity contribution in [3.63, 3.8) is 0 Å². The Bertz CT molecular complexity index is 419. The fraction of sp³-hybridized carbons (Fsp3) is 0.250. The molecule has 3 heteroatoms. The molecule has 3 nitrogen and oxygen atoms in total. The van der Waals surface area contributed by atoms with Crippen molar-refractivity contribution in [1.29, 1.82) is 0 Å². The van der Waals surface area contributed by atoms with E-state index >= 15 is 0 Å². The monoisotopic (exact) mass is 257 g/mol. The fourth-order valence-electron chi connectivity index (χ4n) is 1.89. The lowest BCUT2D eigenvalue weighted by Gasteiger charge is -2.19. The summed E-state index contributed by atoms with van der Waals surface area (Å²) in [7, 11) is 1.66. The Labute approximate surface area is 114 Å². The molecule has 0 aromatic heterocycles. The molecule has 100 valence electrons. The Morgan fingerprint density at radius 1 is 0.842 bits per heavy atom. The highest BCUT2D eigenvalue weighted by Crippen LogP contribution is 2.21. The van der Waals surface area contributed by atoms with Gasteiger partial charge in [0, 0.05) is 7.11 Å². The Morgan fingerprint density at radius 2 is 1.37 bits per heavy atom. The van der Waals surface area contributed by atoms with Crippen LogP contribution in [0.4, 0.5) is 0 Å². The van der Waals surface area contributed by atoms with Crippen LogP contribution >= 0.6 is 0 Å². The zero-order chi connectivity index (χ0) is 13.3. The Morgan fingerprint density at radius 3 is 1.84 bits per heavy atom. The second-order valence-corrected chi connectivity index (χ2v) is 4.21. The average Bonchev–Trinajstić information content (AvgIpc) is 2.49. The molecule has 0 aliphatic heterocycles. The highest BCUT2D eigenvalue weighted by Gasteiger charge is 2.13. The number of rotatable bonds is 7. The van der Waals surface area contributed by atoms with Crippen LogP contribution in [0.1, 0.15) is 17.2 Å². The molecule has 0 atom stereocenters. The minimum atomic E-state index is 0.0271. The van der Waals surface area contributed by atoms with E-state index in [1.807, 2.05) is 36.4 Å². The van der Waals surface area contributed by atoms with E-state index < -0.39 is 0 Å². The van der Waals surface area contributed by atoms with Crippen LogP contribution in [-0.2, 0) is 9.57 Å². The van der Waals surface area contributed by atoms with E-state index in [0.29, 0.717) is 13.2 Å². The van der Waals surface area contributed by atoms with Crippen molar-refractivity contribution < 1.29 is 9.57 Å². The average molecular weight is 257 g/mol. The predicted octanol–water partition coefficient (Wildman–Crippen LogP) is 2.94. The predicted molar refractivity (Wildman–Crippen MR) is 75.7 cm³/mol. The largest absolute Gasteiger partial charge is 0.382 e. The maximum absolute atomic E-state index is 5.47. The molecule has 0 radical (unpaired) electrons. The van der Waals surface area contributed by atoms with E-state index in [9.17, 15) is 0 Å². The lowest BCUT2D eigenvalue weighted by atomic mass is 10.00. The van der Waals surface area contributed by atoms with Gasteiger partial charge < -0.3 is 4.74 Å². The summed E-state index contributed by atoms with van der Waals surface area (Å²) in [4.78, 5) is 5.47. The summed E-state index contributed by atoms with van der Waals surface area (Å²) in [6.45, 7) is 1.09. The molecule has 0 aliphatic rings. The van der Waals surface area contributed by atoms with Gasteiger partial charge in [0.05, 0.1) is 19.3 Å². The minimum absolute atomic E-state index is 0.0271. The van der Waals surface area contributed by atoms with E-state index in [1.165, 1.54) is 11.1 Å². The molecule has 0 unspecified atom stereocenters. The van der Waals surface area contributed by atoms with Crippen LogP contribution in [-0.4, -0.2) is 20.3 Å². The molecule has 0 fully saturated rings. The zero-order valence-electron chi connectivity index (χ0n) is 11.1. The maximum atomic E-state index is 5.47. The topological polar surface area (TPSA) is 30.5 Å². The van der Waals surface area contributed by atoms with Crippen molar-refractivity contribution in [2.75, 3.05) is 20.3 Å². The van der Waals surface area contributed by atoms with Gasteiger partial charge in [0.15, 0.2) is 0 Å². The van der Waals surface area contributed by atoms with Gasteiger partial charge in [-0.25, -0.2) is 0 Å². The van der Waals surface area contributed by atoms with E-state index in [0.717, 1.165) is 0 Å². The second kappa shape index (κ2) is 7.69. The van der Waals surface area contributed by atoms with Crippen molar-refractivity contribution >= 4 is 0 Å². The van der Waals surface area contributed by atoms with Gasteiger partial charge in [0.25, 0.3) is 0 Å². The van der Waals surface area contributed by atoms with Gasteiger partial charge in [0.1, 0.15) is 0 Å². The van der Waals surface area contributed by atoms with Gasteiger partial charge in [-0.05, 0) is 11.1 Å². The summed E-state index contributed by atoms with van der Waals surface area (Å²) < 4.78 is 4.97. The van der Waals surface area contributed by atoms with Gasteiger partial charge in [-0.1, -0.05) is 60.7 Å². The number of ether oxygens (including phenoxy) is 1. The molecule has 0 spiro atoms. The molecule has 0 saturated heterocycles. The van der Waals surface area contributed by atoms with Crippen LogP contribution in [0.2, 0.25) is 0 Å². The maximum Gasteiger partial charge on any atom is 0.0916 e. The van der Waals surface area contributed by atoms with Crippen LogP contribution in [0.5, 0.6) is 0 Å². The van der Waals surface area contributed by atoms with Gasteiger partial charge >= 0.3 is 0 Å². The second-order valence-electron chi connectivity index (χ2n) is 4.21. The minimum Gasteiger partial charge on any atom is -0.382 e. The first-order valence-corrected chi connectivity index (χ1v) is 6.38. The lowest BCUT2D eigenvalue weighted by molar-refractivity contribution is -0.00569. The van der Waals surface area contributed by atoms with Crippen LogP contribution in [0.25, 0.3) is 0 Å². The summed E-state index contributed by atoms with van der Waals surface area (Å²) in [6.07, 6.45) is 0. The first-order chi connectivity index (χ1) is 9.42. The first-order valence-electron chi connectivity index (χ1n) is 6.38. The number of benzene rings is 2. The molecule has 2 aromatic rings. The van der Waals surface area contributed by atoms with Gasteiger partial charge in [0.2, 0.25) is 0 Å². The molecular formula is C16H19NO2. The molecule has 0 amide bonds. The molecule has 1 N–H and O–H groups in total. The van der Waals surface area contributed by atoms with Crippen molar-refractivity contribution in [3.05, 3.63) is 71.8 Å². The van der Waals surface area contributed by atoms with Crippen LogP contribution < -0.4 is 5.48 Å². The molecule has 19 heavy (non-hydrogen) atoms. The SMILES string of the molecule is COCCONC(c1ccccc1)c1ccccc1. The smallest absolute Gasteiger partial charge is 0.0916 e. The third kappa shape index (κ3) is 4.17. The summed E-state index contributed by atoms with van der Waals surface area (Å²) in [5.41, 5.74) is 5.45. The number of nitrogens with one attached hydrogen (secondary N) is 1. The van der Waals surface area contributed by atoms with Gasteiger partial charge in [-0.15, -0.1) is 0 Å². The van der Waals surface area contributed by atoms with Crippen LogP contribution in [0.3, 0.4) is 0 Å². The van der Waals surface area contributed by atoms with E-state index in [2.05, 4.69) is 29.7 Å². The molecule has 0 aliphatic carbocycles. The molecule has 0 bridgehead atoms. The highest BCUT2D eigenvalue weighted by atomic mass is 16.7. The number of methoxy groups -OCH3 is 1. The van der Waals surface area contributed by atoms with E-state index in [4.69, 9.17) is 9.57 Å². The van der Waals surface area contributed by atoms with Crippen molar-refractivity contribution in [3.8, 4) is 0 Å². The summed E-state index contributed by atoms with van der Waals surface area (Å²) in [5.74, 6) is 0. The molecular weight excluding hydrogens is 238 g/mol. The number of hydrogen-bond donors (Lipinski definition) is 1. The summed E-state index contributed by atoms with van der Waals surface area (Å²) >= 11 is 0. The normalized spacial score (nSPS) is 10.8. The summed E-state index contributed by atoms with van der Waals surface area (Å²) in [5, 5.41) is 0. The first kappa shape index (κ1) is 13.7. The molecule has 2 aromatic carbocycles. The third-order valence-electron chi connectivity index (χ3n) is 2.86. The Balaban J connectivity index is 2.10. The van der Waals surface area contributed by atoms with E-state index in [-0.39, 0.29) is 6.04 Å². The summed E-state index contributed by atoms with van der Waals surface area (Å²) in [6, 6.07) is 20.5. The van der Waals surface area contributed by atoms with Crippen molar-refractivity contribution in [2.24, 2.45) is 0 Å². The highest BCUT2D eigenvalue weighted by molar-refractivity contribution is 5.30. The van der Waals surface area contributed by atoms with E-state index in [1.54, 1.807) is 7.11 Å². The molecule has 0 saturated carbocycles. The Kier molecular flexibility index (Phi) is 5.56. The standard InChI is InChI=1S/C16H19NO2/c1-18-12-13-19-17-16(14-8-4-2-5-9-14)15-10-6-3-7-11-15/h2-11,16-17H,12-13H2,1H3. The Hall–Kier alpha value is -1.68. The van der Waals surface area contributed by atoms with Gasteiger partial charge in [-0.3, -0.25) is 4.84 Å².